The predicted molar refractivity (Wildman–Crippen MR) is 73.4 cm³/mol. The molecule has 1 rings (SSSR count). The molecule has 0 atom stereocenters. The summed E-state index contributed by atoms with van der Waals surface area (Å²) in [7, 11) is 6.10. The number of nitrogens with zero attached hydrogens (tertiary/aromatic N) is 3. The summed E-state index contributed by atoms with van der Waals surface area (Å²) in [4.78, 5) is 6.45. The van der Waals surface area contributed by atoms with Crippen molar-refractivity contribution in [3.63, 3.8) is 0 Å². The number of aromatic nitrogens is 2. The zero-order valence-electron chi connectivity index (χ0n) is 12.0. The number of anilines is 1. The summed E-state index contributed by atoms with van der Waals surface area (Å²) in [6, 6.07) is 0. The van der Waals surface area contributed by atoms with E-state index < -0.39 is 0 Å². The summed E-state index contributed by atoms with van der Waals surface area (Å²) in [5, 5.41) is 3.63. The van der Waals surface area contributed by atoms with E-state index in [1.54, 1.807) is 0 Å². The minimum Gasteiger partial charge on any atom is -0.348 e. The van der Waals surface area contributed by atoms with E-state index in [9.17, 15) is 0 Å². The summed E-state index contributed by atoms with van der Waals surface area (Å²) >= 11 is 0. The Morgan fingerprint density at radius 3 is 2.35 bits per heavy atom. The summed E-state index contributed by atoms with van der Waals surface area (Å²) < 4.78 is 2.14. The molecule has 98 valence electrons. The molecule has 0 aliphatic carbocycles. The van der Waals surface area contributed by atoms with Crippen molar-refractivity contribution < 1.29 is 0 Å². The van der Waals surface area contributed by atoms with Crippen LogP contribution in [0.5, 0.6) is 0 Å². The summed E-state index contributed by atoms with van der Waals surface area (Å²) in [5.41, 5.74) is 1.45. The van der Waals surface area contributed by atoms with E-state index in [0.29, 0.717) is 0 Å². The molecule has 0 spiro atoms. The van der Waals surface area contributed by atoms with Crippen LogP contribution in [-0.4, -0.2) is 29.2 Å². The van der Waals surface area contributed by atoms with Crippen molar-refractivity contribution in [1.29, 1.82) is 0 Å². The van der Waals surface area contributed by atoms with Gasteiger partial charge < -0.3 is 14.8 Å². The van der Waals surface area contributed by atoms with Gasteiger partial charge in [-0.25, -0.2) is 4.98 Å². The number of hydrogen-bond acceptors (Lipinski definition) is 3. The Hall–Kier alpha value is -1.03. The van der Waals surface area contributed by atoms with Crippen LogP contribution in [-0.2, 0) is 13.6 Å². The van der Waals surface area contributed by atoms with E-state index in [4.69, 9.17) is 0 Å². The molecule has 1 N–H and O–H groups in total. The highest BCUT2D eigenvalue weighted by molar-refractivity contribution is 5.30. The second-order valence-electron chi connectivity index (χ2n) is 5.12. The van der Waals surface area contributed by atoms with Crippen molar-refractivity contribution in [2.75, 3.05) is 19.0 Å². The highest BCUT2D eigenvalue weighted by atomic mass is 15.3. The SMILES string of the molecule is CCC(C)(CC)NCc1cnc(N(C)C)n1C. The lowest BCUT2D eigenvalue weighted by Crippen LogP contribution is -2.40. The van der Waals surface area contributed by atoms with Crippen LogP contribution in [0, 0.1) is 0 Å². The standard InChI is InChI=1S/C13H26N4/c1-7-13(3,8-2)15-10-11-9-14-12(16(4)5)17(11)6/h9,15H,7-8,10H2,1-6H3. The van der Waals surface area contributed by atoms with Crippen LogP contribution < -0.4 is 10.2 Å². The number of hydrogen-bond donors (Lipinski definition) is 1. The first-order valence-electron chi connectivity index (χ1n) is 6.36. The molecule has 1 aromatic rings. The fraction of sp³-hybridized carbons (Fsp3) is 0.769. The maximum atomic E-state index is 4.42. The molecule has 1 heterocycles. The van der Waals surface area contributed by atoms with Gasteiger partial charge in [0, 0.05) is 33.2 Å². The fourth-order valence-electron chi connectivity index (χ4n) is 1.82. The fourth-order valence-corrected chi connectivity index (χ4v) is 1.82. The first-order valence-corrected chi connectivity index (χ1v) is 6.36. The third kappa shape index (κ3) is 3.22. The Balaban J connectivity index is 2.70. The van der Waals surface area contributed by atoms with Crippen molar-refractivity contribution in [3.8, 4) is 0 Å². The molecule has 17 heavy (non-hydrogen) atoms. The van der Waals surface area contributed by atoms with Gasteiger partial charge in [0.05, 0.1) is 11.9 Å². The van der Waals surface area contributed by atoms with Crippen LogP contribution >= 0.6 is 0 Å². The van der Waals surface area contributed by atoms with E-state index in [2.05, 4.69) is 42.7 Å². The molecule has 0 amide bonds. The Morgan fingerprint density at radius 1 is 1.35 bits per heavy atom. The van der Waals surface area contributed by atoms with Crippen LogP contribution in [0.4, 0.5) is 5.95 Å². The van der Waals surface area contributed by atoms with Crippen LogP contribution in [0.3, 0.4) is 0 Å². The highest BCUT2D eigenvalue weighted by Crippen LogP contribution is 2.16. The Bertz CT molecular complexity index is 350. The molecular weight excluding hydrogens is 212 g/mol. The van der Waals surface area contributed by atoms with Gasteiger partial charge in [0.25, 0.3) is 0 Å². The van der Waals surface area contributed by atoms with Gasteiger partial charge in [0.1, 0.15) is 0 Å². The second-order valence-corrected chi connectivity index (χ2v) is 5.12. The normalized spacial score (nSPS) is 11.9. The van der Waals surface area contributed by atoms with E-state index in [1.807, 2.05) is 25.2 Å². The maximum absolute atomic E-state index is 4.42. The Kier molecular flexibility index (Phi) is 4.57. The molecular formula is C13H26N4. The summed E-state index contributed by atoms with van der Waals surface area (Å²) in [6.45, 7) is 7.60. The molecule has 0 aliphatic rings. The summed E-state index contributed by atoms with van der Waals surface area (Å²) in [6.07, 6.45) is 4.23. The lowest BCUT2D eigenvalue weighted by atomic mass is 9.95. The van der Waals surface area contributed by atoms with Crippen molar-refractivity contribution in [3.05, 3.63) is 11.9 Å². The second kappa shape index (κ2) is 5.54. The molecule has 0 aliphatic heterocycles. The van der Waals surface area contributed by atoms with Crippen LogP contribution in [0.1, 0.15) is 39.3 Å². The van der Waals surface area contributed by atoms with E-state index in [-0.39, 0.29) is 5.54 Å². The molecule has 4 heteroatoms. The number of nitrogens with one attached hydrogen (secondary N) is 1. The van der Waals surface area contributed by atoms with Gasteiger partial charge in [-0.15, -0.1) is 0 Å². The lowest BCUT2D eigenvalue weighted by Gasteiger charge is -2.28. The van der Waals surface area contributed by atoms with E-state index in [0.717, 1.165) is 25.3 Å². The van der Waals surface area contributed by atoms with Crippen LogP contribution in [0.15, 0.2) is 6.20 Å². The van der Waals surface area contributed by atoms with Crippen molar-refractivity contribution in [1.82, 2.24) is 14.9 Å². The average molecular weight is 238 g/mol. The van der Waals surface area contributed by atoms with Crippen LogP contribution in [0.2, 0.25) is 0 Å². The molecule has 0 radical (unpaired) electrons. The highest BCUT2D eigenvalue weighted by Gasteiger charge is 2.19. The molecule has 0 fully saturated rings. The molecule has 0 saturated heterocycles. The molecule has 4 nitrogen and oxygen atoms in total. The molecule has 0 bridgehead atoms. The average Bonchev–Trinajstić information content (AvgIpc) is 2.68. The van der Waals surface area contributed by atoms with Gasteiger partial charge in [0.2, 0.25) is 5.95 Å². The van der Waals surface area contributed by atoms with Crippen LogP contribution in [0.25, 0.3) is 0 Å². The zero-order valence-corrected chi connectivity index (χ0v) is 12.0. The minimum absolute atomic E-state index is 0.225. The lowest BCUT2D eigenvalue weighted by molar-refractivity contribution is 0.326. The minimum atomic E-state index is 0.225. The van der Waals surface area contributed by atoms with Gasteiger partial charge in [-0.1, -0.05) is 13.8 Å². The van der Waals surface area contributed by atoms with Gasteiger partial charge in [-0.05, 0) is 19.8 Å². The van der Waals surface area contributed by atoms with Gasteiger partial charge in [-0.3, -0.25) is 0 Å². The summed E-state index contributed by atoms with van der Waals surface area (Å²) in [5.74, 6) is 0.997. The third-order valence-electron chi connectivity index (χ3n) is 3.72. The first-order chi connectivity index (χ1) is 7.93. The smallest absolute Gasteiger partial charge is 0.204 e. The molecule has 0 saturated carbocycles. The molecule has 0 unspecified atom stereocenters. The number of rotatable bonds is 6. The molecule has 0 aromatic carbocycles. The Morgan fingerprint density at radius 2 is 1.94 bits per heavy atom. The van der Waals surface area contributed by atoms with Crippen molar-refractivity contribution in [2.45, 2.75) is 45.7 Å². The quantitative estimate of drug-likeness (QED) is 0.824. The maximum Gasteiger partial charge on any atom is 0.204 e. The molecule has 1 aromatic heterocycles. The monoisotopic (exact) mass is 238 g/mol. The van der Waals surface area contributed by atoms with E-state index in [1.165, 1.54) is 5.69 Å². The van der Waals surface area contributed by atoms with Gasteiger partial charge >= 0.3 is 0 Å². The van der Waals surface area contributed by atoms with Gasteiger partial charge in [0.15, 0.2) is 0 Å². The predicted octanol–water partition coefficient (Wildman–Crippen LogP) is 2.15. The third-order valence-corrected chi connectivity index (χ3v) is 3.72. The zero-order chi connectivity index (χ0) is 13.1. The number of imidazole rings is 1. The topological polar surface area (TPSA) is 33.1 Å². The largest absolute Gasteiger partial charge is 0.348 e. The van der Waals surface area contributed by atoms with Crippen molar-refractivity contribution >= 4 is 5.95 Å². The van der Waals surface area contributed by atoms with Gasteiger partial charge in [-0.2, -0.15) is 0 Å². The first kappa shape index (κ1) is 14.0. The Labute approximate surface area is 105 Å². The van der Waals surface area contributed by atoms with E-state index >= 15 is 0 Å². The van der Waals surface area contributed by atoms with Crippen molar-refractivity contribution in [2.24, 2.45) is 7.05 Å².